The van der Waals surface area contributed by atoms with Gasteiger partial charge < -0.3 is 41.3 Å². The fraction of sp³-hybridized carbons (Fsp3) is 0.450. The molecule has 0 saturated carbocycles. The molecule has 4 aromatic rings. The molecule has 0 aliphatic rings. The van der Waals surface area contributed by atoms with E-state index in [0.29, 0.717) is 0 Å². The second-order valence-electron chi connectivity index (χ2n) is 14.6. The Morgan fingerprint density at radius 2 is 0.964 bits per heavy atom. The summed E-state index contributed by atoms with van der Waals surface area (Å²) >= 11 is 2.84. The van der Waals surface area contributed by atoms with E-state index in [2.05, 4.69) is 31.2 Å². The highest BCUT2D eigenvalue weighted by atomic mass is 32.1. The molecule has 56 heavy (non-hydrogen) atoms. The van der Waals surface area contributed by atoms with Crippen LogP contribution in [-0.4, -0.2) is 104 Å². The highest BCUT2D eigenvalue weighted by Crippen LogP contribution is 2.17. The Balaban J connectivity index is 1.56. The van der Waals surface area contributed by atoms with E-state index in [4.69, 9.17) is 0 Å². The van der Waals surface area contributed by atoms with Crippen LogP contribution >= 0.6 is 22.7 Å². The molecule has 0 spiro atoms. The first kappa shape index (κ1) is 43.8. The number of aliphatic hydroxyl groups is 2. The van der Waals surface area contributed by atoms with Crippen LogP contribution in [0.25, 0.3) is 0 Å². The SMILES string of the molecule is CC(C)[C@H](NC(=O)N(C)Cc1cscn1)C(=O)N[C@@H](Cc1ccccc1)[C@H](O)[C@H](O)[C@H](Cc1ccccc1)NC(=O)[C@H](NC(=O)N(C)Cc1cscn1)C(C)C. The van der Waals surface area contributed by atoms with Gasteiger partial charge in [0.05, 0.1) is 47.6 Å². The standard InChI is InChI=1S/C40H54N8O6S2/c1-25(2)33(45-39(53)47(5)19-29-21-55-23-41-29)37(51)43-31(17-27-13-9-7-10-14-27)35(49)36(50)32(18-28-15-11-8-12-16-28)44-38(52)34(26(3)4)46-40(54)48(6)20-30-22-56-24-42-30/h7-16,21-26,31-36,49-50H,17-20H2,1-6H3,(H,43,51)(H,44,52)(H,45,53)(H,46,54)/t31-,32-,33-,34+,35-,36+/m0/s1. The summed E-state index contributed by atoms with van der Waals surface area (Å²) < 4.78 is 0. The predicted octanol–water partition coefficient (Wildman–Crippen LogP) is 3.81. The minimum Gasteiger partial charge on any atom is -0.388 e. The zero-order chi connectivity index (χ0) is 40.8. The fourth-order valence-electron chi connectivity index (χ4n) is 6.09. The molecule has 0 bridgehead atoms. The average Bonchev–Trinajstić information content (AvgIpc) is 3.90. The molecule has 16 heteroatoms. The number of benzene rings is 2. The number of thiazole rings is 2. The third-order valence-electron chi connectivity index (χ3n) is 9.34. The molecule has 0 fully saturated rings. The van der Waals surface area contributed by atoms with Crippen molar-refractivity contribution in [1.29, 1.82) is 0 Å². The lowest BCUT2D eigenvalue weighted by molar-refractivity contribution is -0.129. The highest BCUT2D eigenvalue weighted by Gasteiger charge is 2.38. The van der Waals surface area contributed by atoms with Crippen molar-refractivity contribution >= 4 is 46.6 Å². The lowest BCUT2D eigenvalue weighted by atomic mass is 9.90. The maximum absolute atomic E-state index is 14.0. The van der Waals surface area contributed by atoms with Gasteiger partial charge in [0.15, 0.2) is 0 Å². The summed E-state index contributed by atoms with van der Waals surface area (Å²) in [7, 11) is 3.22. The van der Waals surface area contributed by atoms with Gasteiger partial charge in [-0.05, 0) is 35.8 Å². The third-order valence-corrected chi connectivity index (χ3v) is 10.6. The molecule has 2 aromatic carbocycles. The highest BCUT2D eigenvalue weighted by molar-refractivity contribution is 7.07. The molecule has 6 N–H and O–H groups in total. The van der Waals surface area contributed by atoms with Crippen LogP contribution in [0.4, 0.5) is 9.59 Å². The van der Waals surface area contributed by atoms with Gasteiger partial charge in [0.1, 0.15) is 24.3 Å². The van der Waals surface area contributed by atoms with Crippen LogP contribution in [0.3, 0.4) is 0 Å². The monoisotopic (exact) mass is 806 g/mol. The quantitative estimate of drug-likeness (QED) is 0.0826. The van der Waals surface area contributed by atoms with E-state index in [1.165, 1.54) is 32.5 Å². The normalized spacial score (nSPS) is 14.5. The maximum atomic E-state index is 14.0. The number of nitrogens with one attached hydrogen (secondary N) is 4. The van der Waals surface area contributed by atoms with Crippen molar-refractivity contribution in [2.24, 2.45) is 11.8 Å². The number of hydrogen-bond donors (Lipinski definition) is 6. The molecule has 0 saturated heterocycles. The molecule has 0 aliphatic carbocycles. The lowest BCUT2D eigenvalue weighted by Gasteiger charge is -2.35. The predicted molar refractivity (Wildman–Crippen MR) is 218 cm³/mol. The Bertz CT molecular complexity index is 1670. The Hall–Kier alpha value is -4.90. The van der Waals surface area contributed by atoms with Crippen molar-refractivity contribution in [2.45, 2.75) is 90.0 Å². The topological polar surface area (TPSA) is 189 Å². The first-order valence-corrected chi connectivity index (χ1v) is 20.4. The number of aromatic nitrogens is 2. The van der Waals surface area contributed by atoms with Crippen molar-refractivity contribution in [1.82, 2.24) is 41.0 Å². The van der Waals surface area contributed by atoms with Gasteiger partial charge in [-0.15, -0.1) is 22.7 Å². The van der Waals surface area contributed by atoms with Crippen molar-refractivity contribution in [3.63, 3.8) is 0 Å². The molecular formula is C40H54N8O6S2. The van der Waals surface area contributed by atoms with Crippen LogP contribution in [0.2, 0.25) is 0 Å². The number of rotatable bonds is 19. The molecule has 2 aromatic heterocycles. The smallest absolute Gasteiger partial charge is 0.318 e. The maximum Gasteiger partial charge on any atom is 0.318 e. The number of carbonyl (C=O) groups is 4. The summed E-state index contributed by atoms with van der Waals surface area (Å²) in [5, 5.41) is 39.1. The number of urea groups is 2. The zero-order valence-corrected chi connectivity index (χ0v) is 34.3. The number of nitrogens with zero attached hydrogens (tertiary/aromatic N) is 4. The summed E-state index contributed by atoms with van der Waals surface area (Å²) in [6.45, 7) is 7.71. The molecule has 4 rings (SSSR count). The molecule has 14 nitrogen and oxygen atoms in total. The lowest BCUT2D eigenvalue weighted by Crippen LogP contribution is -2.62. The summed E-state index contributed by atoms with van der Waals surface area (Å²) in [5.74, 6) is -1.76. The molecule has 0 radical (unpaired) electrons. The van der Waals surface area contributed by atoms with Crippen molar-refractivity contribution in [3.8, 4) is 0 Å². The van der Waals surface area contributed by atoms with Crippen LogP contribution in [-0.2, 0) is 35.5 Å². The van der Waals surface area contributed by atoms with Gasteiger partial charge in [-0.2, -0.15) is 0 Å². The van der Waals surface area contributed by atoms with Gasteiger partial charge in [-0.25, -0.2) is 19.6 Å². The Kier molecular flexibility index (Phi) is 16.8. The van der Waals surface area contributed by atoms with E-state index < -0.39 is 60.3 Å². The third kappa shape index (κ3) is 13.1. The van der Waals surface area contributed by atoms with Crippen LogP contribution in [0.15, 0.2) is 82.4 Å². The van der Waals surface area contributed by atoms with Crippen molar-refractivity contribution < 1.29 is 29.4 Å². The van der Waals surface area contributed by atoms with Crippen LogP contribution in [0.1, 0.15) is 50.2 Å². The van der Waals surface area contributed by atoms with E-state index in [9.17, 15) is 29.4 Å². The number of aliphatic hydroxyl groups excluding tert-OH is 2. The molecule has 302 valence electrons. The largest absolute Gasteiger partial charge is 0.388 e. The molecule has 6 amide bonds. The van der Waals surface area contributed by atoms with Crippen LogP contribution < -0.4 is 21.3 Å². The summed E-state index contributed by atoms with van der Waals surface area (Å²) in [6, 6.07) is 13.4. The Morgan fingerprint density at radius 3 is 1.27 bits per heavy atom. The van der Waals surface area contributed by atoms with Gasteiger partial charge in [0, 0.05) is 24.9 Å². The molecule has 6 atom stereocenters. The van der Waals surface area contributed by atoms with Crippen LogP contribution in [0, 0.1) is 11.8 Å². The second kappa shape index (κ2) is 21.4. The van der Waals surface area contributed by atoms with E-state index in [1.54, 1.807) is 52.8 Å². The van der Waals surface area contributed by atoms with Crippen LogP contribution in [0.5, 0.6) is 0 Å². The minimum atomic E-state index is -1.58. The molecular weight excluding hydrogens is 753 g/mol. The van der Waals surface area contributed by atoms with Gasteiger partial charge >= 0.3 is 12.1 Å². The van der Waals surface area contributed by atoms with Crippen molar-refractivity contribution in [2.75, 3.05) is 14.1 Å². The first-order chi connectivity index (χ1) is 26.7. The van der Waals surface area contributed by atoms with Gasteiger partial charge in [-0.1, -0.05) is 88.4 Å². The van der Waals surface area contributed by atoms with E-state index in [1.807, 2.05) is 71.4 Å². The molecule has 0 unspecified atom stereocenters. The summed E-state index contributed by atoms with van der Waals surface area (Å²) in [5.41, 5.74) is 6.36. The number of amides is 6. The van der Waals surface area contributed by atoms with Gasteiger partial charge in [0.25, 0.3) is 0 Å². The number of hydrogen-bond acceptors (Lipinski definition) is 10. The average molecular weight is 807 g/mol. The zero-order valence-electron chi connectivity index (χ0n) is 32.7. The second-order valence-corrected chi connectivity index (χ2v) is 16.0. The van der Waals surface area contributed by atoms with Crippen molar-refractivity contribution in [3.05, 3.63) is 105 Å². The molecule has 0 aliphatic heterocycles. The van der Waals surface area contributed by atoms with E-state index >= 15 is 0 Å². The van der Waals surface area contributed by atoms with E-state index in [-0.39, 0.29) is 37.8 Å². The Morgan fingerprint density at radius 1 is 0.607 bits per heavy atom. The first-order valence-electron chi connectivity index (χ1n) is 18.6. The fourth-order valence-corrected chi connectivity index (χ4v) is 7.19. The van der Waals surface area contributed by atoms with Gasteiger partial charge in [0.2, 0.25) is 11.8 Å². The Labute approximate surface area is 336 Å². The minimum absolute atomic E-state index is 0.134. The summed E-state index contributed by atoms with van der Waals surface area (Å²) in [6.07, 6.45) is -2.90. The van der Waals surface area contributed by atoms with E-state index in [0.717, 1.165) is 22.5 Å². The number of carbonyl (C=O) groups excluding carboxylic acids is 4. The molecule has 2 heterocycles. The van der Waals surface area contributed by atoms with Gasteiger partial charge in [-0.3, -0.25) is 9.59 Å². The summed E-state index contributed by atoms with van der Waals surface area (Å²) in [4.78, 5) is 65.7.